The lowest BCUT2D eigenvalue weighted by Crippen LogP contribution is -2.27. The maximum absolute atomic E-state index is 12.0. The Balaban J connectivity index is 2.23. The van der Waals surface area contributed by atoms with Crippen molar-refractivity contribution in [3.05, 3.63) is 77.0 Å². The second-order valence-electron chi connectivity index (χ2n) is 4.42. The van der Waals surface area contributed by atoms with Crippen molar-refractivity contribution in [1.29, 1.82) is 5.26 Å². The fourth-order valence-electron chi connectivity index (χ4n) is 1.76. The predicted molar refractivity (Wildman–Crippen MR) is 80.7 cm³/mol. The first kappa shape index (κ1) is 15.0. The van der Waals surface area contributed by atoms with Gasteiger partial charge >= 0.3 is 5.97 Å². The lowest BCUT2D eigenvalue weighted by Gasteiger charge is -2.06. The number of hydrogen-bond donors (Lipinski definition) is 2. The molecule has 108 valence electrons. The fourth-order valence-corrected chi connectivity index (χ4v) is 1.76. The van der Waals surface area contributed by atoms with E-state index in [0.717, 1.165) is 0 Å². The number of carbonyl (C=O) groups excluding carboxylic acids is 1. The zero-order valence-corrected chi connectivity index (χ0v) is 11.5. The van der Waals surface area contributed by atoms with Crippen molar-refractivity contribution in [2.45, 2.75) is 0 Å². The largest absolute Gasteiger partial charge is 0.477 e. The molecule has 0 saturated heterocycles. The van der Waals surface area contributed by atoms with Crippen LogP contribution in [0.2, 0.25) is 0 Å². The van der Waals surface area contributed by atoms with Crippen LogP contribution in [-0.4, -0.2) is 17.0 Å². The summed E-state index contributed by atoms with van der Waals surface area (Å²) in [6.07, 6.45) is 1.34. The molecule has 2 aromatic rings. The molecule has 0 aromatic heterocycles. The Morgan fingerprint density at radius 3 is 2.23 bits per heavy atom. The topological polar surface area (TPSA) is 90.2 Å². The molecule has 22 heavy (non-hydrogen) atoms. The van der Waals surface area contributed by atoms with Gasteiger partial charge in [0.25, 0.3) is 5.91 Å². The van der Waals surface area contributed by atoms with Crippen LogP contribution in [-0.2, 0) is 4.79 Å². The molecule has 5 nitrogen and oxygen atoms in total. The average molecular weight is 292 g/mol. The zero-order valence-electron chi connectivity index (χ0n) is 11.5. The normalized spacial score (nSPS) is 10.6. The van der Waals surface area contributed by atoms with Crippen LogP contribution in [0, 0.1) is 11.3 Å². The van der Waals surface area contributed by atoms with Crippen molar-refractivity contribution in [1.82, 2.24) is 5.32 Å². The van der Waals surface area contributed by atoms with Crippen molar-refractivity contribution < 1.29 is 14.7 Å². The minimum absolute atomic E-state index is 0.237. The van der Waals surface area contributed by atoms with Gasteiger partial charge in [0.2, 0.25) is 0 Å². The summed E-state index contributed by atoms with van der Waals surface area (Å²) < 4.78 is 0. The van der Waals surface area contributed by atoms with E-state index in [1.54, 1.807) is 54.6 Å². The Bertz CT molecular complexity index is 757. The third kappa shape index (κ3) is 3.81. The number of nitrogens with zero attached hydrogens (tertiary/aromatic N) is 1. The summed E-state index contributed by atoms with van der Waals surface area (Å²) in [6, 6.07) is 16.7. The Morgan fingerprint density at radius 2 is 1.68 bits per heavy atom. The maximum Gasteiger partial charge on any atom is 0.352 e. The zero-order chi connectivity index (χ0) is 15.9. The molecule has 0 fully saturated rings. The van der Waals surface area contributed by atoms with Gasteiger partial charge in [-0.05, 0) is 35.9 Å². The number of nitriles is 1. The fraction of sp³-hybridized carbons (Fsp3) is 0. The number of amides is 1. The highest BCUT2D eigenvalue weighted by Gasteiger charge is 2.13. The third-order valence-corrected chi connectivity index (χ3v) is 2.87. The lowest BCUT2D eigenvalue weighted by atomic mass is 10.1. The molecule has 0 heterocycles. The molecule has 0 aliphatic rings. The molecule has 0 unspecified atom stereocenters. The Labute approximate surface area is 127 Å². The number of nitrogens with one attached hydrogen (secondary N) is 1. The van der Waals surface area contributed by atoms with Crippen molar-refractivity contribution >= 4 is 18.0 Å². The van der Waals surface area contributed by atoms with Gasteiger partial charge in [-0.2, -0.15) is 5.26 Å². The third-order valence-electron chi connectivity index (χ3n) is 2.87. The summed E-state index contributed by atoms with van der Waals surface area (Å²) in [6.45, 7) is 0. The van der Waals surface area contributed by atoms with E-state index in [1.165, 1.54) is 6.08 Å². The molecule has 0 aliphatic carbocycles. The van der Waals surface area contributed by atoms with Crippen molar-refractivity contribution in [2.75, 3.05) is 0 Å². The number of rotatable bonds is 4. The Kier molecular flexibility index (Phi) is 4.68. The molecule has 2 aromatic carbocycles. The minimum Gasteiger partial charge on any atom is -0.477 e. The van der Waals surface area contributed by atoms with Gasteiger partial charge in [0.1, 0.15) is 5.70 Å². The van der Waals surface area contributed by atoms with Gasteiger partial charge < -0.3 is 10.4 Å². The van der Waals surface area contributed by atoms with E-state index in [0.29, 0.717) is 16.7 Å². The van der Waals surface area contributed by atoms with Crippen molar-refractivity contribution in [3.63, 3.8) is 0 Å². The quantitative estimate of drug-likeness (QED) is 0.847. The maximum atomic E-state index is 12.0. The molecule has 0 aliphatic heterocycles. The van der Waals surface area contributed by atoms with Gasteiger partial charge in [-0.3, -0.25) is 4.79 Å². The molecule has 0 saturated carbocycles. The first-order chi connectivity index (χ1) is 10.6. The average Bonchev–Trinajstić information content (AvgIpc) is 2.55. The number of carboxylic acids is 1. The van der Waals surface area contributed by atoms with E-state index in [4.69, 9.17) is 5.26 Å². The highest BCUT2D eigenvalue weighted by molar-refractivity contribution is 6.02. The van der Waals surface area contributed by atoms with Crippen LogP contribution in [0.25, 0.3) is 6.08 Å². The predicted octanol–water partition coefficient (Wildman–Crippen LogP) is 2.41. The first-order valence-electron chi connectivity index (χ1n) is 6.41. The first-order valence-corrected chi connectivity index (χ1v) is 6.41. The molecule has 0 radical (unpaired) electrons. The van der Waals surface area contributed by atoms with Crippen molar-refractivity contribution in [3.8, 4) is 6.07 Å². The summed E-state index contributed by atoms with van der Waals surface area (Å²) >= 11 is 0. The van der Waals surface area contributed by atoms with E-state index in [2.05, 4.69) is 5.32 Å². The van der Waals surface area contributed by atoms with Gasteiger partial charge in [0.15, 0.2) is 0 Å². The van der Waals surface area contributed by atoms with Crippen LogP contribution < -0.4 is 5.32 Å². The van der Waals surface area contributed by atoms with Gasteiger partial charge in [0, 0.05) is 5.56 Å². The molecule has 2 N–H and O–H groups in total. The smallest absolute Gasteiger partial charge is 0.352 e. The molecule has 5 heteroatoms. The molecule has 0 atom stereocenters. The van der Waals surface area contributed by atoms with Crippen LogP contribution >= 0.6 is 0 Å². The molecular weight excluding hydrogens is 280 g/mol. The summed E-state index contributed by atoms with van der Waals surface area (Å²) in [4.78, 5) is 23.3. The second-order valence-corrected chi connectivity index (χ2v) is 4.42. The van der Waals surface area contributed by atoms with E-state index < -0.39 is 11.9 Å². The van der Waals surface area contributed by atoms with Crippen LogP contribution in [0.4, 0.5) is 0 Å². The molecular formula is C17H12N2O3. The van der Waals surface area contributed by atoms with E-state index >= 15 is 0 Å². The number of carboxylic acid groups (broad SMARTS) is 1. The van der Waals surface area contributed by atoms with Crippen molar-refractivity contribution in [2.24, 2.45) is 0 Å². The highest BCUT2D eigenvalue weighted by atomic mass is 16.4. The molecule has 2 rings (SSSR count). The monoisotopic (exact) mass is 292 g/mol. The van der Waals surface area contributed by atoms with Crippen LogP contribution in [0.5, 0.6) is 0 Å². The van der Waals surface area contributed by atoms with Gasteiger partial charge in [-0.15, -0.1) is 0 Å². The molecule has 0 spiro atoms. The summed E-state index contributed by atoms with van der Waals surface area (Å²) in [5.74, 6) is -1.74. The number of aliphatic carboxylic acids is 1. The molecule has 0 bridgehead atoms. The summed E-state index contributed by atoms with van der Waals surface area (Å²) in [5, 5.41) is 20.3. The van der Waals surface area contributed by atoms with E-state index in [-0.39, 0.29) is 5.70 Å². The minimum atomic E-state index is -1.24. The van der Waals surface area contributed by atoms with Gasteiger partial charge in [-0.1, -0.05) is 30.3 Å². The number of carbonyl (C=O) groups is 2. The van der Waals surface area contributed by atoms with Gasteiger partial charge in [-0.25, -0.2) is 4.79 Å². The Morgan fingerprint density at radius 1 is 1.05 bits per heavy atom. The summed E-state index contributed by atoms with van der Waals surface area (Å²) in [7, 11) is 0. The van der Waals surface area contributed by atoms with Crippen LogP contribution in [0.1, 0.15) is 21.5 Å². The lowest BCUT2D eigenvalue weighted by molar-refractivity contribution is -0.132. The van der Waals surface area contributed by atoms with E-state index in [9.17, 15) is 14.7 Å². The Hall–Kier alpha value is -3.39. The number of benzene rings is 2. The van der Waals surface area contributed by atoms with Gasteiger partial charge in [0.05, 0.1) is 11.6 Å². The molecule has 1 amide bonds. The summed E-state index contributed by atoms with van der Waals surface area (Å²) in [5.41, 5.74) is 1.18. The van der Waals surface area contributed by atoms with E-state index in [1.807, 2.05) is 6.07 Å². The second kappa shape index (κ2) is 6.86. The SMILES string of the molecule is N#Cc1ccc(C=C(NC(=O)c2ccccc2)C(=O)O)cc1. The highest BCUT2D eigenvalue weighted by Crippen LogP contribution is 2.09. The van der Waals surface area contributed by atoms with Crippen LogP contribution in [0.3, 0.4) is 0 Å². The standard InChI is InChI=1S/C17H12N2O3/c18-11-13-8-6-12(7-9-13)10-15(17(21)22)19-16(20)14-4-2-1-3-5-14/h1-10H,(H,19,20)(H,21,22). The van der Waals surface area contributed by atoms with Crippen LogP contribution in [0.15, 0.2) is 60.3 Å². The number of hydrogen-bond acceptors (Lipinski definition) is 3.